The van der Waals surface area contributed by atoms with Crippen LogP contribution in [-0.4, -0.2) is 5.91 Å². The van der Waals surface area contributed by atoms with Gasteiger partial charge in [0.25, 0.3) is 5.91 Å². The molecule has 0 N–H and O–H groups in total. The summed E-state index contributed by atoms with van der Waals surface area (Å²) in [5, 5.41) is 12.1. The first-order valence-electron chi connectivity index (χ1n) is 6.92. The molecule has 0 radical (unpaired) electrons. The average Bonchev–Trinajstić information content (AvgIpc) is 2.37. The summed E-state index contributed by atoms with van der Waals surface area (Å²) in [6, 6.07) is 1.89. The van der Waals surface area contributed by atoms with Crippen molar-refractivity contribution in [3.05, 3.63) is 22.1 Å². The third-order valence-electron chi connectivity index (χ3n) is 5.15. The summed E-state index contributed by atoms with van der Waals surface area (Å²) in [5.41, 5.74) is 8.31. The second-order valence-electron chi connectivity index (χ2n) is 6.19. The molecule has 0 spiro atoms. The first kappa shape index (κ1) is 12.3. The molecule has 4 aliphatic carbocycles. The van der Waals surface area contributed by atoms with Gasteiger partial charge in [-0.3, -0.25) is 4.79 Å². The van der Waals surface area contributed by atoms with Gasteiger partial charge in [-0.2, -0.15) is 5.26 Å². The van der Waals surface area contributed by atoms with Crippen LogP contribution in [0.3, 0.4) is 0 Å². The zero-order valence-corrected chi connectivity index (χ0v) is 10.7. The van der Waals surface area contributed by atoms with Gasteiger partial charge in [0.15, 0.2) is 0 Å². The minimum absolute atomic E-state index is 0.0234. The fraction of sp³-hybridized carbons (Fsp3) is 0.714. The molecule has 19 heavy (non-hydrogen) atoms. The molecule has 0 aromatic rings. The summed E-state index contributed by atoms with van der Waals surface area (Å²) in [4.78, 5) is 14.0. The van der Waals surface area contributed by atoms with Crippen LogP contribution in [0.2, 0.25) is 0 Å². The second kappa shape index (κ2) is 4.71. The number of hydrogen-bond acceptors (Lipinski definition) is 2. The molecule has 1 amide bonds. The molecule has 4 rings (SSSR count). The van der Waals surface area contributed by atoms with Crippen LogP contribution < -0.4 is 0 Å². The molecule has 0 atom stereocenters. The van der Waals surface area contributed by atoms with Crippen molar-refractivity contribution in [3.8, 4) is 6.07 Å². The smallest absolute Gasteiger partial charge is 0.259 e. The number of hydrogen-bond donors (Lipinski definition) is 0. The van der Waals surface area contributed by atoms with E-state index in [1.807, 2.05) is 6.07 Å². The lowest BCUT2D eigenvalue weighted by Crippen LogP contribution is -2.44. The Balaban J connectivity index is 1.84. The summed E-state index contributed by atoms with van der Waals surface area (Å²) in [5.74, 6) is 2.58. The number of carbonyl (C=O) groups excluding carboxylic acids is 1. The van der Waals surface area contributed by atoms with E-state index in [2.05, 4.69) is 10.0 Å². The average molecular weight is 256 g/mol. The molecular weight excluding hydrogens is 240 g/mol. The monoisotopic (exact) mass is 256 g/mol. The van der Waals surface area contributed by atoms with Gasteiger partial charge in [0, 0.05) is 4.91 Å². The number of nitrogens with zero attached hydrogens (tertiary/aromatic N) is 4. The standard InChI is InChI=1S/C14H16N4O/c15-7-12(14(19)17-18-16)6-13-10-2-8-1-9(4-10)5-11(13)3-8/h6,8-11,13H,1-5H2/b12-6+. The largest absolute Gasteiger partial charge is 0.286 e. The van der Waals surface area contributed by atoms with Crippen LogP contribution in [0.4, 0.5) is 0 Å². The maximum absolute atomic E-state index is 11.5. The predicted octanol–water partition coefficient (Wildman–Crippen LogP) is 3.35. The Morgan fingerprint density at radius 3 is 2.26 bits per heavy atom. The minimum Gasteiger partial charge on any atom is -0.286 e. The lowest BCUT2D eigenvalue weighted by atomic mass is 9.52. The number of azide groups is 1. The van der Waals surface area contributed by atoms with E-state index >= 15 is 0 Å². The lowest BCUT2D eigenvalue weighted by molar-refractivity contribution is -0.114. The second-order valence-corrected chi connectivity index (χ2v) is 6.19. The Morgan fingerprint density at radius 2 is 1.79 bits per heavy atom. The van der Waals surface area contributed by atoms with Gasteiger partial charge in [0.2, 0.25) is 0 Å². The zero-order valence-electron chi connectivity index (χ0n) is 10.7. The number of carbonyl (C=O) groups is 1. The van der Waals surface area contributed by atoms with Gasteiger partial charge < -0.3 is 0 Å². The molecule has 0 unspecified atom stereocenters. The van der Waals surface area contributed by atoms with Crippen LogP contribution in [0.25, 0.3) is 10.4 Å². The van der Waals surface area contributed by atoms with Gasteiger partial charge in [0.1, 0.15) is 6.07 Å². The molecule has 0 aromatic heterocycles. The Hall–Kier alpha value is -1.79. The molecule has 4 fully saturated rings. The fourth-order valence-electron chi connectivity index (χ4n) is 4.68. The third-order valence-corrected chi connectivity index (χ3v) is 5.15. The molecule has 4 bridgehead atoms. The van der Waals surface area contributed by atoms with Gasteiger partial charge in [0.05, 0.1) is 5.57 Å². The van der Waals surface area contributed by atoms with E-state index in [1.165, 1.54) is 32.1 Å². The van der Waals surface area contributed by atoms with Crippen LogP contribution in [0.15, 0.2) is 16.8 Å². The quantitative estimate of drug-likeness (QED) is 0.249. The maximum atomic E-state index is 11.5. The van der Waals surface area contributed by atoms with Crippen LogP contribution in [0.1, 0.15) is 32.1 Å². The molecule has 5 nitrogen and oxygen atoms in total. The number of allylic oxidation sites excluding steroid dienone is 1. The predicted molar refractivity (Wildman–Crippen MR) is 68.4 cm³/mol. The van der Waals surface area contributed by atoms with E-state index in [4.69, 9.17) is 10.8 Å². The fourth-order valence-corrected chi connectivity index (χ4v) is 4.68. The van der Waals surface area contributed by atoms with E-state index < -0.39 is 5.91 Å². The highest BCUT2D eigenvalue weighted by molar-refractivity contribution is 5.97. The minimum atomic E-state index is -0.737. The molecule has 98 valence electrons. The highest BCUT2D eigenvalue weighted by Crippen LogP contribution is 2.57. The van der Waals surface area contributed by atoms with Gasteiger partial charge in [-0.1, -0.05) is 6.08 Å². The summed E-state index contributed by atoms with van der Waals surface area (Å²) in [7, 11) is 0. The Kier molecular flexibility index (Phi) is 3.04. The molecule has 0 aromatic carbocycles. The van der Waals surface area contributed by atoms with Crippen molar-refractivity contribution >= 4 is 5.91 Å². The summed E-state index contributed by atoms with van der Waals surface area (Å²) >= 11 is 0. The van der Waals surface area contributed by atoms with E-state index in [1.54, 1.807) is 6.08 Å². The topological polar surface area (TPSA) is 89.6 Å². The van der Waals surface area contributed by atoms with Crippen molar-refractivity contribution in [2.45, 2.75) is 32.1 Å². The number of amides is 1. The van der Waals surface area contributed by atoms with E-state index in [0.29, 0.717) is 17.8 Å². The zero-order chi connectivity index (χ0) is 13.4. The molecule has 4 aliphatic rings. The van der Waals surface area contributed by atoms with Gasteiger partial charge in [-0.15, -0.1) is 0 Å². The van der Waals surface area contributed by atoms with Gasteiger partial charge in [-0.05, 0) is 72.3 Å². The lowest BCUT2D eigenvalue weighted by Gasteiger charge is -2.53. The molecule has 0 heterocycles. The summed E-state index contributed by atoms with van der Waals surface area (Å²) in [6.45, 7) is 0. The van der Waals surface area contributed by atoms with Crippen molar-refractivity contribution in [2.75, 3.05) is 0 Å². The highest BCUT2D eigenvalue weighted by Gasteiger charge is 2.47. The van der Waals surface area contributed by atoms with Crippen LogP contribution in [0, 0.1) is 40.9 Å². The molecule has 0 saturated heterocycles. The normalized spacial score (nSPS) is 39.5. The highest BCUT2D eigenvalue weighted by atomic mass is 16.1. The third kappa shape index (κ3) is 2.13. The molecular formula is C14H16N4O. The Labute approximate surface area is 111 Å². The first-order valence-corrected chi connectivity index (χ1v) is 6.92. The Bertz CT molecular complexity index is 496. The van der Waals surface area contributed by atoms with E-state index in [9.17, 15) is 4.79 Å². The van der Waals surface area contributed by atoms with Crippen molar-refractivity contribution in [1.29, 1.82) is 5.26 Å². The number of rotatable bonds is 2. The molecule has 5 heteroatoms. The SMILES string of the molecule is N#C/C(=C\C1C2CC3CC(C2)CC1C3)C(=O)N=[N+]=[N-]. The van der Waals surface area contributed by atoms with Gasteiger partial charge in [-0.25, -0.2) is 0 Å². The Morgan fingerprint density at radius 1 is 1.21 bits per heavy atom. The van der Waals surface area contributed by atoms with E-state index in [-0.39, 0.29) is 5.57 Å². The maximum Gasteiger partial charge on any atom is 0.259 e. The molecule has 4 saturated carbocycles. The van der Waals surface area contributed by atoms with Crippen molar-refractivity contribution in [3.63, 3.8) is 0 Å². The number of nitriles is 1. The van der Waals surface area contributed by atoms with Crippen molar-refractivity contribution < 1.29 is 4.79 Å². The van der Waals surface area contributed by atoms with Crippen LogP contribution >= 0.6 is 0 Å². The molecule has 0 aliphatic heterocycles. The first-order chi connectivity index (χ1) is 9.21. The van der Waals surface area contributed by atoms with Gasteiger partial charge >= 0.3 is 0 Å². The van der Waals surface area contributed by atoms with Crippen molar-refractivity contribution in [2.24, 2.45) is 34.7 Å². The van der Waals surface area contributed by atoms with Crippen molar-refractivity contribution in [1.82, 2.24) is 0 Å². The summed E-state index contributed by atoms with van der Waals surface area (Å²) in [6.07, 6.45) is 8.13. The summed E-state index contributed by atoms with van der Waals surface area (Å²) < 4.78 is 0. The van der Waals surface area contributed by atoms with Crippen LogP contribution in [-0.2, 0) is 4.79 Å². The van der Waals surface area contributed by atoms with Crippen LogP contribution in [0.5, 0.6) is 0 Å². The van der Waals surface area contributed by atoms with E-state index in [0.717, 1.165) is 11.8 Å².